The molecule has 0 unspecified atom stereocenters. The zero-order chi connectivity index (χ0) is 18.4. The summed E-state index contributed by atoms with van der Waals surface area (Å²) >= 11 is 0. The second-order valence-electron chi connectivity index (χ2n) is 4.93. The highest BCUT2D eigenvalue weighted by Crippen LogP contribution is 2.21. The van der Waals surface area contributed by atoms with Crippen molar-refractivity contribution >= 4 is 27.3 Å². The van der Waals surface area contributed by atoms with Crippen LogP contribution in [0.4, 0.5) is 15.8 Å². The predicted molar refractivity (Wildman–Crippen MR) is 87.9 cm³/mol. The Morgan fingerprint density at radius 2 is 1.84 bits per heavy atom. The fraction of sp³-hybridized carbons (Fsp3) is 0.133. The number of nitro benzene ring substituents is 1. The highest BCUT2D eigenvalue weighted by Gasteiger charge is 2.16. The molecule has 0 aliphatic rings. The zero-order valence-corrected chi connectivity index (χ0v) is 13.6. The summed E-state index contributed by atoms with van der Waals surface area (Å²) in [5.74, 6) is -1.59. The van der Waals surface area contributed by atoms with Gasteiger partial charge in [0, 0.05) is 24.7 Å². The average Bonchev–Trinajstić information content (AvgIpc) is 2.57. The molecule has 2 rings (SSSR count). The molecule has 25 heavy (non-hydrogen) atoms. The molecule has 0 saturated carbocycles. The first kappa shape index (κ1) is 18.5. The van der Waals surface area contributed by atoms with Crippen LogP contribution in [-0.4, -0.2) is 25.8 Å². The molecule has 0 aromatic heterocycles. The van der Waals surface area contributed by atoms with E-state index in [0.717, 1.165) is 12.1 Å². The molecule has 0 atom stereocenters. The Bertz CT molecular complexity index is 887. The number of sulfonamides is 1. The lowest BCUT2D eigenvalue weighted by molar-refractivity contribution is -0.387. The molecule has 1 amide bonds. The summed E-state index contributed by atoms with van der Waals surface area (Å²) in [5.41, 5.74) is -0.716. The average molecular weight is 367 g/mol. The molecule has 0 bridgehead atoms. The number of rotatable bonds is 7. The predicted octanol–water partition coefficient (Wildman–Crippen LogP) is 2.04. The summed E-state index contributed by atoms with van der Waals surface area (Å²) in [6.45, 7) is -0.160. The van der Waals surface area contributed by atoms with E-state index in [2.05, 4.69) is 10.0 Å². The fourth-order valence-corrected chi connectivity index (χ4v) is 2.99. The van der Waals surface area contributed by atoms with Crippen LogP contribution in [0.2, 0.25) is 0 Å². The van der Waals surface area contributed by atoms with Crippen LogP contribution in [0.3, 0.4) is 0 Å². The second kappa shape index (κ2) is 7.81. The van der Waals surface area contributed by atoms with E-state index >= 15 is 0 Å². The summed E-state index contributed by atoms with van der Waals surface area (Å²) in [7, 11) is -3.72. The number of benzene rings is 2. The molecule has 2 N–H and O–H groups in total. The second-order valence-corrected chi connectivity index (χ2v) is 6.70. The Hall–Kier alpha value is -2.85. The van der Waals surface area contributed by atoms with Crippen molar-refractivity contribution in [1.29, 1.82) is 0 Å². The number of nitrogens with one attached hydrogen (secondary N) is 2. The maximum absolute atomic E-state index is 13.2. The minimum atomic E-state index is -3.72. The summed E-state index contributed by atoms with van der Waals surface area (Å²) in [6.07, 6.45) is -0.197. The third kappa shape index (κ3) is 5.06. The van der Waals surface area contributed by atoms with E-state index in [9.17, 15) is 27.7 Å². The van der Waals surface area contributed by atoms with Crippen molar-refractivity contribution in [3.63, 3.8) is 0 Å². The number of carbonyl (C=O) groups excluding carboxylic acids is 1. The highest BCUT2D eigenvalue weighted by atomic mass is 32.2. The van der Waals surface area contributed by atoms with Gasteiger partial charge in [-0.15, -0.1) is 0 Å². The standard InChI is InChI=1S/C15H14FN3O5S/c16-13-7-6-11(10-14(13)19(21)22)18-15(20)8-9-17-25(23,24)12-4-2-1-3-5-12/h1-7,10,17H,8-9H2,(H,18,20). The first-order chi connectivity index (χ1) is 11.8. The van der Waals surface area contributed by atoms with E-state index in [0.29, 0.717) is 0 Å². The summed E-state index contributed by atoms with van der Waals surface area (Å²) < 4.78 is 39.4. The lowest BCUT2D eigenvalue weighted by Crippen LogP contribution is -2.27. The number of nitrogens with zero attached hydrogens (tertiary/aromatic N) is 1. The smallest absolute Gasteiger partial charge is 0.306 e. The van der Waals surface area contributed by atoms with Crippen LogP contribution in [0.15, 0.2) is 53.4 Å². The number of anilines is 1. The fourth-order valence-electron chi connectivity index (χ4n) is 1.94. The summed E-state index contributed by atoms with van der Waals surface area (Å²) in [6, 6.07) is 10.6. The van der Waals surface area contributed by atoms with E-state index in [1.54, 1.807) is 18.2 Å². The summed E-state index contributed by atoms with van der Waals surface area (Å²) in [5, 5.41) is 13.0. The minimum Gasteiger partial charge on any atom is -0.326 e. The van der Waals surface area contributed by atoms with Crippen LogP contribution in [-0.2, 0) is 14.8 Å². The van der Waals surface area contributed by atoms with Crippen molar-refractivity contribution in [2.45, 2.75) is 11.3 Å². The van der Waals surface area contributed by atoms with Gasteiger partial charge in [-0.2, -0.15) is 4.39 Å². The third-order valence-electron chi connectivity index (χ3n) is 3.12. The normalized spacial score (nSPS) is 11.1. The maximum atomic E-state index is 13.2. The van der Waals surface area contributed by atoms with Crippen molar-refractivity contribution < 1.29 is 22.5 Å². The van der Waals surface area contributed by atoms with Crippen LogP contribution in [0.5, 0.6) is 0 Å². The van der Waals surface area contributed by atoms with Crippen molar-refractivity contribution in [3.05, 3.63) is 64.5 Å². The molecule has 0 fully saturated rings. The van der Waals surface area contributed by atoms with Crippen LogP contribution in [0, 0.1) is 15.9 Å². The van der Waals surface area contributed by atoms with Gasteiger partial charge in [-0.3, -0.25) is 14.9 Å². The SMILES string of the molecule is O=C(CCNS(=O)(=O)c1ccccc1)Nc1ccc(F)c([N+](=O)[O-])c1. The van der Waals surface area contributed by atoms with Gasteiger partial charge in [-0.05, 0) is 24.3 Å². The molecule has 0 aliphatic carbocycles. The molecule has 0 saturated heterocycles. The van der Waals surface area contributed by atoms with Crippen molar-refractivity contribution in [2.75, 3.05) is 11.9 Å². The van der Waals surface area contributed by atoms with Crippen molar-refractivity contribution in [1.82, 2.24) is 4.72 Å². The molecule has 0 heterocycles. The van der Waals surface area contributed by atoms with Gasteiger partial charge in [-0.25, -0.2) is 13.1 Å². The lowest BCUT2D eigenvalue weighted by Gasteiger charge is -2.08. The van der Waals surface area contributed by atoms with E-state index in [1.165, 1.54) is 18.2 Å². The molecule has 2 aromatic carbocycles. The van der Waals surface area contributed by atoms with Crippen LogP contribution < -0.4 is 10.0 Å². The van der Waals surface area contributed by atoms with Gasteiger partial charge in [-0.1, -0.05) is 18.2 Å². The summed E-state index contributed by atoms with van der Waals surface area (Å²) in [4.78, 5) is 21.6. The van der Waals surface area contributed by atoms with Gasteiger partial charge < -0.3 is 5.32 Å². The topological polar surface area (TPSA) is 118 Å². The molecule has 10 heteroatoms. The molecule has 0 radical (unpaired) electrons. The van der Waals surface area contributed by atoms with Gasteiger partial charge >= 0.3 is 5.69 Å². The number of halogens is 1. The number of carbonyl (C=O) groups is 1. The number of hydrogen-bond donors (Lipinski definition) is 2. The Kier molecular flexibility index (Phi) is 5.78. The molecule has 0 aliphatic heterocycles. The largest absolute Gasteiger partial charge is 0.326 e. The maximum Gasteiger partial charge on any atom is 0.306 e. The zero-order valence-electron chi connectivity index (χ0n) is 12.8. The number of nitro groups is 1. The Balaban J connectivity index is 1.91. The molecule has 8 nitrogen and oxygen atoms in total. The van der Waals surface area contributed by atoms with Crippen molar-refractivity contribution in [3.8, 4) is 0 Å². The molecule has 132 valence electrons. The van der Waals surface area contributed by atoms with E-state index in [-0.39, 0.29) is 23.5 Å². The molecular weight excluding hydrogens is 353 g/mol. The number of amides is 1. The molecular formula is C15H14FN3O5S. The molecule has 0 spiro atoms. The monoisotopic (exact) mass is 367 g/mol. The van der Waals surface area contributed by atoms with E-state index < -0.39 is 32.4 Å². The lowest BCUT2D eigenvalue weighted by atomic mass is 10.2. The van der Waals surface area contributed by atoms with Gasteiger partial charge in [0.25, 0.3) is 0 Å². The highest BCUT2D eigenvalue weighted by molar-refractivity contribution is 7.89. The Morgan fingerprint density at radius 1 is 1.16 bits per heavy atom. The van der Waals surface area contributed by atoms with Crippen molar-refractivity contribution in [2.24, 2.45) is 0 Å². The third-order valence-corrected chi connectivity index (χ3v) is 4.60. The number of hydrogen-bond acceptors (Lipinski definition) is 5. The van der Waals surface area contributed by atoms with Gasteiger partial charge in [0.2, 0.25) is 21.7 Å². The van der Waals surface area contributed by atoms with Gasteiger partial charge in [0.15, 0.2) is 0 Å². The first-order valence-corrected chi connectivity index (χ1v) is 8.56. The van der Waals surface area contributed by atoms with Crippen LogP contribution >= 0.6 is 0 Å². The van der Waals surface area contributed by atoms with E-state index in [1.807, 2.05) is 0 Å². The van der Waals surface area contributed by atoms with E-state index in [4.69, 9.17) is 0 Å². The Morgan fingerprint density at radius 3 is 2.48 bits per heavy atom. The minimum absolute atomic E-state index is 0.0454. The first-order valence-electron chi connectivity index (χ1n) is 7.08. The Labute approximate surface area is 142 Å². The van der Waals surface area contributed by atoms with Gasteiger partial charge in [0.1, 0.15) is 0 Å². The van der Waals surface area contributed by atoms with Crippen LogP contribution in [0.1, 0.15) is 6.42 Å². The van der Waals surface area contributed by atoms with Gasteiger partial charge in [0.05, 0.1) is 9.82 Å². The molecule has 2 aromatic rings. The van der Waals surface area contributed by atoms with Crippen LogP contribution in [0.25, 0.3) is 0 Å². The quantitative estimate of drug-likeness (QED) is 0.573.